The molecule has 8 heterocycles. The number of furan rings is 4. The van der Waals surface area contributed by atoms with Gasteiger partial charge in [0, 0.05) is 125 Å². The van der Waals surface area contributed by atoms with Crippen molar-refractivity contribution >= 4 is 175 Å². The average Bonchev–Trinajstić information content (AvgIpc) is 1.55. The summed E-state index contributed by atoms with van der Waals surface area (Å²) >= 11 is 0. The predicted octanol–water partition coefficient (Wildman–Crippen LogP) is 34.7. The Morgan fingerprint density at radius 1 is 0.172 bits per heavy atom. The van der Waals surface area contributed by atoms with E-state index in [1.807, 2.05) is 36.4 Å². The van der Waals surface area contributed by atoms with Gasteiger partial charge in [-0.3, -0.25) is 0 Å². The number of hydrogen-bond acceptors (Lipinski definition) is 4. The van der Waals surface area contributed by atoms with Gasteiger partial charge in [-0.1, -0.05) is 307 Å². The topological polar surface area (TPSA) is 72.3 Å². The fourth-order valence-corrected chi connectivity index (χ4v) is 23.1. The molecule has 2 aliphatic carbocycles. The third-order valence-corrected chi connectivity index (χ3v) is 29.3. The van der Waals surface area contributed by atoms with Crippen molar-refractivity contribution in [1.29, 1.82) is 0 Å². The van der Waals surface area contributed by atoms with Crippen molar-refractivity contribution in [3.05, 3.63) is 447 Å². The van der Waals surface area contributed by atoms with Crippen molar-refractivity contribution < 1.29 is 17.7 Å². The highest BCUT2D eigenvalue weighted by Crippen LogP contribution is 2.55. The minimum atomic E-state index is -0.0257. The summed E-state index contributed by atoms with van der Waals surface area (Å²) in [5.41, 5.74) is 39.1. The second-order valence-electron chi connectivity index (χ2n) is 37.2. The van der Waals surface area contributed by atoms with Gasteiger partial charge in [0.1, 0.15) is 39.1 Å². The van der Waals surface area contributed by atoms with E-state index in [2.05, 4.69) is 434 Å². The maximum absolute atomic E-state index is 6.47. The number of aromatic nitrogens is 4. The smallest absolute Gasteiger partial charge is 0.159 e. The van der Waals surface area contributed by atoms with Crippen molar-refractivity contribution in [2.24, 2.45) is 0 Å². The van der Waals surface area contributed by atoms with E-state index < -0.39 is 0 Å². The molecule has 0 aliphatic heterocycles. The predicted molar refractivity (Wildman–Crippen MR) is 557 cm³/mol. The summed E-state index contributed by atoms with van der Waals surface area (Å²) < 4.78 is 35.3. The Bertz CT molecular complexity index is 9840. The Kier molecular flexibility index (Phi) is 16.2. The Labute approximate surface area is 769 Å². The first kappa shape index (κ1) is 75.7. The van der Waals surface area contributed by atoms with Gasteiger partial charge in [-0.25, -0.2) is 0 Å². The van der Waals surface area contributed by atoms with Crippen LogP contribution in [0.5, 0.6) is 0 Å². The van der Waals surface area contributed by atoms with Crippen LogP contribution in [0.4, 0.5) is 0 Å². The fraction of sp³-hybridized carbons (Fsp3) is 0.0476. The molecule has 134 heavy (non-hydrogen) atoms. The molecule has 30 rings (SSSR count). The summed E-state index contributed by atoms with van der Waals surface area (Å²) in [5.74, 6) is 0. The van der Waals surface area contributed by atoms with E-state index in [9.17, 15) is 0 Å². The molecule has 8 aromatic heterocycles. The first-order chi connectivity index (χ1) is 66.0. The van der Waals surface area contributed by atoms with Gasteiger partial charge >= 0.3 is 0 Å². The zero-order chi connectivity index (χ0) is 88.5. The monoisotopic (exact) mass is 1710 g/mol. The standard InChI is InChI=1S/C54H32N2O2.C39H27NO.C33H23NO/c1-2-11-36(12-3-1)55-45-18-7-4-13-39(45)43-31-34(23-27-46(43)55)35-24-28-47-44(32-35)52-48(29-30-51-53(52)42-15-6-9-20-50(42)57-51)56(47)37-25-21-33(22-26-37)38-16-10-17-41-40-14-5-8-19-49(40)58-54(38)41;1-39(2)33-15-6-3-10-27(33)31-23-36-32(22-34(31)39)28-11-4-7-16-35(28)40(36)25-20-18-24(19-21-25)26-13-9-14-30-29-12-5-8-17-37(29)41-38(26)30;1-33(2)26-14-6-3-10-20(26)24-19-30-25(18-27(24)33)21-11-4-7-15-28(21)34(30)29-16-9-13-23-22-12-5-8-17-31(22)35-32(23)29/h1-32H;3-23H,1-2H3;3-19H,1-2H3. The molecule has 0 unspecified atom stereocenters. The van der Waals surface area contributed by atoms with E-state index in [0.29, 0.717) is 0 Å². The van der Waals surface area contributed by atoms with E-state index >= 15 is 0 Å². The Morgan fingerprint density at radius 2 is 0.515 bits per heavy atom. The third-order valence-electron chi connectivity index (χ3n) is 29.3. The van der Waals surface area contributed by atoms with Crippen LogP contribution in [0.2, 0.25) is 0 Å². The first-order valence-electron chi connectivity index (χ1n) is 46.2. The summed E-state index contributed by atoms with van der Waals surface area (Å²) in [5, 5.41) is 19.1. The lowest BCUT2D eigenvalue weighted by Gasteiger charge is -2.21. The minimum Gasteiger partial charge on any atom is -0.456 e. The van der Waals surface area contributed by atoms with Crippen LogP contribution in [0.1, 0.15) is 49.9 Å². The average molecular weight is 1720 g/mol. The number of para-hydroxylation sites is 11. The van der Waals surface area contributed by atoms with Crippen LogP contribution in [0.3, 0.4) is 0 Å². The summed E-state index contributed by atoms with van der Waals surface area (Å²) in [6.45, 7) is 9.39. The molecule has 0 spiro atoms. The SMILES string of the molecule is CC1(C)c2ccccc2-c2cc3c(cc21)c1ccccc1n3-c1ccc(-c2cccc3c2oc2ccccc23)cc1.CC1(C)c2ccccc2-c2cc3c(cc21)c1ccccc1n3-c1cccc2c1oc1ccccc12.c1ccc(-n2c3ccccc3c3cc(-c4ccc5c(c4)c4c6c(ccc4n5-c4ccc(-c5cccc7c5oc5ccccc57)cc4)oc4ccccc46)ccc32)cc1. The molecule has 8 nitrogen and oxygen atoms in total. The molecule has 0 saturated carbocycles. The van der Waals surface area contributed by atoms with Crippen LogP contribution in [-0.2, 0) is 10.8 Å². The van der Waals surface area contributed by atoms with E-state index in [1.165, 1.54) is 132 Å². The van der Waals surface area contributed by atoms with Gasteiger partial charge in [0.05, 0.1) is 49.8 Å². The van der Waals surface area contributed by atoms with Gasteiger partial charge in [0.25, 0.3) is 0 Å². The zero-order valence-electron chi connectivity index (χ0n) is 73.8. The van der Waals surface area contributed by atoms with Gasteiger partial charge in [0.15, 0.2) is 5.58 Å². The van der Waals surface area contributed by atoms with Crippen molar-refractivity contribution in [2.45, 2.75) is 38.5 Å². The molecule has 0 fully saturated rings. The van der Waals surface area contributed by atoms with Crippen LogP contribution in [0, 0.1) is 0 Å². The minimum absolute atomic E-state index is 0.0252. The number of hydrogen-bond donors (Lipinski definition) is 0. The number of rotatable bonds is 7. The molecule has 630 valence electrons. The zero-order valence-corrected chi connectivity index (χ0v) is 73.8. The number of nitrogens with zero attached hydrogens (tertiary/aromatic N) is 4. The Balaban J connectivity index is 0.000000104. The molecule has 20 aromatic carbocycles. The van der Waals surface area contributed by atoms with E-state index in [4.69, 9.17) is 17.7 Å². The van der Waals surface area contributed by atoms with Crippen molar-refractivity contribution in [3.8, 4) is 78.4 Å². The third kappa shape index (κ3) is 11.1. The number of fused-ring (bicyclic) bond motifs is 31. The van der Waals surface area contributed by atoms with E-state index in [-0.39, 0.29) is 10.8 Å². The van der Waals surface area contributed by atoms with Gasteiger partial charge < -0.3 is 35.9 Å². The van der Waals surface area contributed by atoms with Crippen molar-refractivity contribution in [2.75, 3.05) is 0 Å². The van der Waals surface area contributed by atoms with Gasteiger partial charge in [-0.05, 0) is 212 Å². The second kappa shape index (κ2) is 28.6. The summed E-state index contributed by atoms with van der Waals surface area (Å²) in [4.78, 5) is 0. The molecule has 0 saturated heterocycles. The highest BCUT2D eigenvalue weighted by molar-refractivity contribution is 6.28. The largest absolute Gasteiger partial charge is 0.456 e. The van der Waals surface area contributed by atoms with Crippen molar-refractivity contribution in [3.63, 3.8) is 0 Å². The lowest BCUT2D eigenvalue weighted by atomic mass is 9.82. The number of benzene rings is 20. The molecular formula is C126H82N4O4. The van der Waals surface area contributed by atoms with Gasteiger partial charge in [0.2, 0.25) is 0 Å². The van der Waals surface area contributed by atoms with Crippen LogP contribution in [-0.4, -0.2) is 18.3 Å². The van der Waals surface area contributed by atoms with Crippen LogP contribution < -0.4 is 0 Å². The molecule has 8 heteroatoms. The van der Waals surface area contributed by atoms with Crippen LogP contribution in [0.25, 0.3) is 253 Å². The molecule has 0 N–H and O–H groups in total. The molecule has 2 aliphatic rings. The maximum Gasteiger partial charge on any atom is 0.159 e. The second-order valence-corrected chi connectivity index (χ2v) is 37.2. The van der Waals surface area contributed by atoms with Gasteiger partial charge in [-0.2, -0.15) is 0 Å². The highest BCUT2D eigenvalue weighted by Gasteiger charge is 2.39. The van der Waals surface area contributed by atoms with Crippen LogP contribution >= 0.6 is 0 Å². The quantitative estimate of drug-likeness (QED) is 0.159. The summed E-state index contributed by atoms with van der Waals surface area (Å²) in [6, 6.07) is 153. The van der Waals surface area contributed by atoms with E-state index in [1.54, 1.807) is 0 Å². The lowest BCUT2D eigenvalue weighted by Crippen LogP contribution is -2.14. The normalized spacial score (nSPS) is 13.2. The van der Waals surface area contributed by atoms with Crippen molar-refractivity contribution in [1.82, 2.24) is 18.3 Å². The maximum atomic E-state index is 6.47. The summed E-state index contributed by atoms with van der Waals surface area (Å²) in [6.07, 6.45) is 0. The highest BCUT2D eigenvalue weighted by atomic mass is 16.3. The first-order valence-corrected chi connectivity index (χ1v) is 46.2. The molecule has 28 aromatic rings. The lowest BCUT2D eigenvalue weighted by molar-refractivity contribution is 0.661. The van der Waals surface area contributed by atoms with Gasteiger partial charge in [-0.15, -0.1) is 0 Å². The molecule has 0 bridgehead atoms. The van der Waals surface area contributed by atoms with E-state index in [0.717, 1.165) is 144 Å². The fourth-order valence-electron chi connectivity index (χ4n) is 23.1. The summed E-state index contributed by atoms with van der Waals surface area (Å²) in [7, 11) is 0. The molecular weight excluding hydrogens is 1630 g/mol. The molecule has 0 amide bonds. The Morgan fingerprint density at radius 3 is 1.04 bits per heavy atom. The molecule has 0 radical (unpaired) electrons. The molecule has 0 atom stereocenters. The Hall–Kier alpha value is -17.2. The van der Waals surface area contributed by atoms with Crippen LogP contribution in [0.15, 0.2) is 442 Å².